The van der Waals surface area contributed by atoms with Crippen molar-refractivity contribution >= 4 is 33.9 Å². The van der Waals surface area contributed by atoms with Crippen molar-refractivity contribution in [2.24, 2.45) is 17.6 Å². The fourth-order valence-electron chi connectivity index (χ4n) is 1.19. The molecule has 2 unspecified atom stereocenters. The van der Waals surface area contributed by atoms with E-state index in [1.54, 1.807) is 6.26 Å². The number of nitrogens with one attached hydrogen (secondary N) is 1. The van der Waals surface area contributed by atoms with Crippen LogP contribution < -0.4 is 11.1 Å². The molecule has 3 N–H and O–H groups in total. The maximum absolute atomic E-state index is 11.6. The second kappa shape index (κ2) is 6.90. The first-order valence-electron chi connectivity index (χ1n) is 4.73. The van der Waals surface area contributed by atoms with Crippen LogP contribution in [0.2, 0.25) is 0 Å². The van der Waals surface area contributed by atoms with Gasteiger partial charge in [0.2, 0.25) is 5.91 Å². The molecule has 0 aliphatic rings. The summed E-state index contributed by atoms with van der Waals surface area (Å²) in [6, 6.07) is 0. The molecule has 4 nitrogen and oxygen atoms in total. The molecule has 0 rings (SSSR count). The molecule has 0 saturated heterocycles. The van der Waals surface area contributed by atoms with E-state index in [1.165, 1.54) is 0 Å². The van der Waals surface area contributed by atoms with E-state index in [0.29, 0.717) is 12.3 Å². The van der Waals surface area contributed by atoms with Crippen LogP contribution >= 0.6 is 12.2 Å². The quantitative estimate of drug-likeness (QED) is 0.653. The summed E-state index contributed by atoms with van der Waals surface area (Å²) in [6.45, 7) is 4.18. The van der Waals surface area contributed by atoms with Crippen molar-refractivity contribution in [2.45, 2.75) is 13.8 Å². The molecule has 0 aromatic rings. The summed E-state index contributed by atoms with van der Waals surface area (Å²) < 4.78 is 10.8. The number of nitrogens with two attached hydrogens (primary N) is 1. The van der Waals surface area contributed by atoms with Crippen molar-refractivity contribution < 1.29 is 9.00 Å². The molecule has 0 aromatic carbocycles. The zero-order chi connectivity index (χ0) is 12.0. The molecule has 1 amide bonds. The van der Waals surface area contributed by atoms with Gasteiger partial charge in [0.05, 0.1) is 10.9 Å². The summed E-state index contributed by atoms with van der Waals surface area (Å²) in [5, 5.41) is 2.68. The van der Waals surface area contributed by atoms with Gasteiger partial charge >= 0.3 is 0 Å². The third kappa shape index (κ3) is 5.84. The monoisotopic (exact) mass is 250 g/mol. The van der Waals surface area contributed by atoms with Gasteiger partial charge in [0.25, 0.3) is 0 Å². The lowest BCUT2D eigenvalue weighted by Crippen LogP contribution is -2.41. The van der Waals surface area contributed by atoms with Crippen LogP contribution in [-0.2, 0) is 15.6 Å². The second-order valence-electron chi connectivity index (χ2n) is 3.69. The lowest BCUT2D eigenvalue weighted by molar-refractivity contribution is -0.123. The number of amides is 1. The van der Waals surface area contributed by atoms with E-state index in [-0.39, 0.29) is 16.8 Å². The van der Waals surface area contributed by atoms with Gasteiger partial charge in [0, 0.05) is 29.4 Å². The minimum absolute atomic E-state index is 0.0784. The van der Waals surface area contributed by atoms with Crippen LogP contribution in [0.1, 0.15) is 13.8 Å². The Morgan fingerprint density at radius 1 is 1.53 bits per heavy atom. The van der Waals surface area contributed by atoms with Gasteiger partial charge in [-0.3, -0.25) is 9.00 Å². The highest BCUT2D eigenvalue weighted by Crippen LogP contribution is 2.11. The number of thiocarbonyl (C=S) groups is 1. The van der Waals surface area contributed by atoms with Crippen LogP contribution in [0.25, 0.3) is 0 Å². The number of carbonyl (C=O) groups is 1. The molecule has 88 valence electrons. The number of carbonyl (C=O) groups excluding carboxylic acids is 1. The average Bonchev–Trinajstić information content (AvgIpc) is 2.01. The molecule has 6 heteroatoms. The standard InChI is InChI=1S/C9H18N2O2S2/c1-6(2)7(8(10)14)9(12)11-4-5-15(3)13/h6-7H,4-5H2,1-3H3,(H2,10,14)(H,11,12). The lowest BCUT2D eigenvalue weighted by Gasteiger charge is -2.18. The highest BCUT2D eigenvalue weighted by atomic mass is 32.2. The van der Waals surface area contributed by atoms with Crippen LogP contribution in [0.3, 0.4) is 0 Å². The Hall–Kier alpha value is -0.490. The summed E-state index contributed by atoms with van der Waals surface area (Å²) in [5.41, 5.74) is 5.48. The predicted octanol–water partition coefficient (Wildman–Crippen LogP) is 0.0394. The average molecular weight is 250 g/mol. The van der Waals surface area contributed by atoms with E-state index in [9.17, 15) is 9.00 Å². The summed E-state index contributed by atoms with van der Waals surface area (Å²) in [4.78, 5) is 11.8. The Morgan fingerprint density at radius 2 is 2.07 bits per heavy atom. The van der Waals surface area contributed by atoms with Gasteiger partial charge in [-0.15, -0.1) is 0 Å². The molecule has 0 aliphatic heterocycles. The fourth-order valence-corrected chi connectivity index (χ4v) is 1.96. The van der Waals surface area contributed by atoms with Crippen LogP contribution in [0, 0.1) is 11.8 Å². The minimum Gasteiger partial charge on any atom is -0.393 e. The van der Waals surface area contributed by atoms with Crippen molar-refractivity contribution in [1.29, 1.82) is 0 Å². The van der Waals surface area contributed by atoms with Gasteiger partial charge in [0.1, 0.15) is 0 Å². The van der Waals surface area contributed by atoms with Crippen molar-refractivity contribution in [2.75, 3.05) is 18.6 Å². The highest BCUT2D eigenvalue weighted by Gasteiger charge is 2.24. The van der Waals surface area contributed by atoms with E-state index < -0.39 is 16.7 Å². The van der Waals surface area contributed by atoms with Crippen LogP contribution in [-0.4, -0.2) is 33.7 Å². The zero-order valence-corrected chi connectivity index (χ0v) is 10.9. The Balaban J connectivity index is 4.16. The first-order valence-corrected chi connectivity index (χ1v) is 6.86. The highest BCUT2D eigenvalue weighted by molar-refractivity contribution is 7.84. The Morgan fingerprint density at radius 3 is 2.40 bits per heavy atom. The third-order valence-corrected chi connectivity index (χ3v) is 2.98. The maximum Gasteiger partial charge on any atom is 0.230 e. The van der Waals surface area contributed by atoms with Gasteiger partial charge in [-0.1, -0.05) is 26.1 Å². The molecule has 0 aromatic heterocycles. The van der Waals surface area contributed by atoms with Crippen molar-refractivity contribution in [1.82, 2.24) is 5.32 Å². The lowest BCUT2D eigenvalue weighted by atomic mass is 9.95. The molecule has 0 fully saturated rings. The van der Waals surface area contributed by atoms with E-state index in [2.05, 4.69) is 5.32 Å². The third-order valence-electron chi connectivity index (χ3n) is 1.94. The molecule has 2 atom stereocenters. The van der Waals surface area contributed by atoms with Crippen LogP contribution in [0.15, 0.2) is 0 Å². The Kier molecular flexibility index (Phi) is 6.67. The molecule has 0 spiro atoms. The van der Waals surface area contributed by atoms with Gasteiger partial charge in [0.15, 0.2) is 0 Å². The molecule has 0 saturated carbocycles. The minimum atomic E-state index is -0.895. The number of rotatable bonds is 6. The first-order chi connectivity index (χ1) is 6.86. The van der Waals surface area contributed by atoms with Crippen molar-refractivity contribution in [3.05, 3.63) is 0 Å². The second-order valence-corrected chi connectivity index (χ2v) is 5.72. The summed E-state index contributed by atoms with van der Waals surface area (Å²) >= 11 is 4.83. The van der Waals surface area contributed by atoms with E-state index in [1.807, 2.05) is 13.8 Å². The SMILES string of the molecule is CC(C)C(C(=O)NCCS(C)=O)C(N)=S. The van der Waals surface area contributed by atoms with E-state index in [0.717, 1.165) is 0 Å². The van der Waals surface area contributed by atoms with E-state index in [4.69, 9.17) is 18.0 Å². The van der Waals surface area contributed by atoms with Gasteiger partial charge in [-0.2, -0.15) is 0 Å². The largest absolute Gasteiger partial charge is 0.393 e. The molecular formula is C9H18N2O2S2. The molecule has 0 heterocycles. The molecule has 0 bridgehead atoms. The predicted molar refractivity (Wildman–Crippen MR) is 67.1 cm³/mol. The molecule has 15 heavy (non-hydrogen) atoms. The van der Waals surface area contributed by atoms with Gasteiger partial charge in [-0.25, -0.2) is 0 Å². The number of hydrogen-bond acceptors (Lipinski definition) is 3. The summed E-state index contributed by atoms with van der Waals surface area (Å²) in [5.74, 6) is -0.0867. The fraction of sp³-hybridized carbons (Fsp3) is 0.778. The van der Waals surface area contributed by atoms with Crippen molar-refractivity contribution in [3.63, 3.8) is 0 Å². The Bertz CT molecular complexity index is 267. The van der Waals surface area contributed by atoms with Gasteiger partial charge < -0.3 is 11.1 Å². The molecule has 0 radical (unpaired) electrons. The summed E-state index contributed by atoms with van der Waals surface area (Å²) in [7, 11) is -0.895. The first kappa shape index (κ1) is 14.5. The summed E-state index contributed by atoms with van der Waals surface area (Å²) in [6.07, 6.45) is 1.60. The van der Waals surface area contributed by atoms with Crippen molar-refractivity contribution in [3.8, 4) is 0 Å². The normalized spacial score (nSPS) is 14.7. The van der Waals surface area contributed by atoms with Crippen LogP contribution in [0.4, 0.5) is 0 Å². The molecule has 0 aliphatic carbocycles. The molecular weight excluding hydrogens is 232 g/mol. The van der Waals surface area contributed by atoms with Crippen LogP contribution in [0.5, 0.6) is 0 Å². The number of hydrogen-bond donors (Lipinski definition) is 2. The van der Waals surface area contributed by atoms with E-state index >= 15 is 0 Å². The Labute approximate surface area is 98.4 Å². The van der Waals surface area contributed by atoms with Gasteiger partial charge in [-0.05, 0) is 5.92 Å². The maximum atomic E-state index is 11.6. The topological polar surface area (TPSA) is 72.2 Å². The zero-order valence-electron chi connectivity index (χ0n) is 9.28. The smallest absolute Gasteiger partial charge is 0.230 e.